The summed E-state index contributed by atoms with van der Waals surface area (Å²) in [4.78, 5) is 12.0. The fourth-order valence-corrected chi connectivity index (χ4v) is 2.09. The van der Waals surface area contributed by atoms with E-state index in [9.17, 15) is 13.6 Å². The van der Waals surface area contributed by atoms with Crippen LogP contribution in [-0.2, 0) is 6.42 Å². The number of ketones is 1. The zero-order valence-electron chi connectivity index (χ0n) is 9.79. The van der Waals surface area contributed by atoms with Crippen LogP contribution in [-0.4, -0.2) is 5.78 Å². The smallest absolute Gasteiger partial charge is 0.173 e. The largest absolute Gasteiger partial charge is 0.399 e. The highest BCUT2D eigenvalue weighted by Gasteiger charge is 2.19. The van der Waals surface area contributed by atoms with Crippen LogP contribution in [0.1, 0.15) is 15.9 Å². The molecule has 2 N–H and O–H groups in total. The molecule has 0 aliphatic carbocycles. The molecular formula is C14H10BrF2NO. The van der Waals surface area contributed by atoms with Crippen molar-refractivity contribution in [3.8, 4) is 0 Å². The van der Waals surface area contributed by atoms with Crippen molar-refractivity contribution in [1.82, 2.24) is 0 Å². The van der Waals surface area contributed by atoms with Crippen LogP contribution in [0.3, 0.4) is 0 Å². The van der Waals surface area contributed by atoms with E-state index < -0.39 is 23.0 Å². The van der Waals surface area contributed by atoms with Crippen LogP contribution in [0.2, 0.25) is 0 Å². The highest BCUT2D eigenvalue weighted by atomic mass is 79.9. The van der Waals surface area contributed by atoms with Gasteiger partial charge in [0.25, 0.3) is 0 Å². The van der Waals surface area contributed by atoms with Gasteiger partial charge in [0.05, 0.1) is 10.0 Å². The Hall–Kier alpha value is -1.75. The maximum absolute atomic E-state index is 13.8. The standard InChI is InChI=1S/C14H10BrF2NO/c15-10-4-5-11(16)13(14(10)17)12(19)7-8-2-1-3-9(18)6-8/h1-6H,7,18H2. The molecule has 5 heteroatoms. The molecule has 2 nitrogen and oxygen atoms in total. The third-order valence-corrected chi connectivity index (χ3v) is 3.25. The van der Waals surface area contributed by atoms with Crippen molar-refractivity contribution in [2.45, 2.75) is 6.42 Å². The van der Waals surface area contributed by atoms with E-state index in [2.05, 4.69) is 15.9 Å². The summed E-state index contributed by atoms with van der Waals surface area (Å²) in [7, 11) is 0. The van der Waals surface area contributed by atoms with Crippen LogP contribution in [0.25, 0.3) is 0 Å². The molecule has 0 amide bonds. The number of hydrogen-bond acceptors (Lipinski definition) is 2. The molecule has 0 saturated carbocycles. The third kappa shape index (κ3) is 2.98. The fourth-order valence-electron chi connectivity index (χ4n) is 1.76. The van der Waals surface area contributed by atoms with E-state index in [-0.39, 0.29) is 10.9 Å². The van der Waals surface area contributed by atoms with Gasteiger partial charge >= 0.3 is 0 Å². The minimum atomic E-state index is -0.881. The van der Waals surface area contributed by atoms with Crippen LogP contribution in [0.5, 0.6) is 0 Å². The van der Waals surface area contributed by atoms with Gasteiger partial charge in [0, 0.05) is 12.1 Å². The summed E-state index contributed by atoms with van der Waals surface area (Å²) in [6.07, 6.45) is -0.102. The van der Waals surface area contributed by atoms with E-state index in [4.69, 9.17) is 5.73 Å². The number of Topliss-reactive ketones (excluding diaryl/α,β-unsaturated/α-hetero) is 1. The number of carbonyl (C=O) groups excluding carboxylic acids is 1. The number of carbonyl (C=O) groups is 1. The van der Waals surface area contributed by atoms with Crippen LogP contribution in [0.4, 0.5) is 14.5 Å². The van der Waals surface area contributed by atoms with Crippen molar-refractivity contribution < 1.29 is 13.6 Å². The number of hydrogen-bond donors (Lipinski definition) is 1. The SMILES string of the molecule is Nc1cccc(CC(=O)c2c(F)ccc(Br)c2F)c1. The molecule has 0 bridgehead atoms. The number of halogens is 3. The molecule has 0 radical (unpaired) electrons. The lowest BCUT2D eigenvalue weighted by Crippen LogP contribution is -2.09. The highest BCUT2D eigenvalue weighted by Crippen LogP contribution is 2.23. The first kappa shape index (κ1) is 13.7. The van der Waals surface area contributed by atoms with Gasteiger partial charge in [0.1, 0.15) is 5.82 Å². The van der Waals surface area contributed by atoms with Crippen molar-refractivity contribution in [2.75, 3.05) is 5.73 Å². The van der Waals surface area contributed by atoms with Gasteiger partial charge in [-0.2, -0.15) is 0 Å². The van der Waals surface area contributed by atoms with E-state index in [1.165, 1.54) is 6.07 Å². The van der Waals surface area contributed by atoms with Gasteiger partial charge in [0.2, 0.25) is 0 Å². The van der Waals surface area contributed by atoms with E-state index in [1.807, 2.05) is 0 Å². The maximum Gasteiger partial charge on any atom is 0.173 e. The lowest BCUT2D eigenvalue weighted by Gasteiger charge is -2.06. The lowest BCUT2D eigenvalue weighted by molar-refractivity contribution is 0.0985. The molecule has 2 aromatic rings. The normalized spacial score (nSPS) is 10.5. The number of nitrogens with two attached hydrogens (primary N) is 1. The number of benzene rings is 2. The van der Waals surface area contributed by atoms with Crippen molar-refractivity contribution in [2.24, 2.45) is 0 Å². The summed E-state index contributed by atoms with van der Waals surface area (Å²) in [5, 5.41) is 0. The van der Waals surface area contributed by atoms with Crippen molar-refractivity contribution in [3.05, 3.63) is 63.6 Å². The van der Waals surface area contributed by atoms with Crippen LogP contribution in [0.15, 0.2) is 40.9 Å². The Balaban J connectivity index is 2.33. The second kappa shape index (κ2) is 5.48. The second-order valence-corrected chi connectivity index (χ2v) is 4.92. The molecule has 0 saturated heterocycles. The Morgan fingerprint density at radius 1 is 1.21 bits per heavy atom. The van der Waals surface area contributed by atoms with Gasteiger partial charge in [-0.3, -0.25) is 4.79 Å². The summed E-state index contributed by atoms with van der Waals surface area (Å²) in [5.74, 6) is -2.37. The Kier molecular flexibility index (Phi) is 3.95. The molecule has 98 valence electrons. The average Bonchev–Trinajstić information content (AvgIpc) is 2.34. The summed E-state index contributed by atoms with van der Waals surface area (Å²) in [5.41, 5.74) is 6.17. The minimum Gasteiger partial charge on any atom is -0.399 e. The van der Waals surface area contributed by atoms with Gasteiger partial charge in [-0.25, -0.2) is 8.78 Å². The van der Waals surface area contributed by atoms with Crippen LogP contribution in [0, 0.1) is 11.6 Å². The molecule has 19 heavy (non-hydrogen) atoms. The topological polar surface area (TPSA) is 43.1 Å². The zero-order chi connectivity index (χ0) is 14.0. The van der Waals surface area contributed by atoms with E-state index in [0.29, 0.717) is 11.3 Å². The van der Waals surface area contributed by atoms with Crippen molar-refractivity contribution in [1.29, 1.82) is 0 Å². The summed E-state index contributed by atoms with van der Waals surface area (Å²) in [6.45, 7) is 0. The number of rotatable bonds is 3. The molecule has 0 spiro atoms. The van der Waals surface area contributed by atoms with Gasteiger partial charge in [0.15, 0.2) is 11.6 Å². The van der Waals surface area contributed by atoms with E-state index >= 15 is 0 Å². The highest BCUT2D eigenvalue weighted by molar-refractivity contribution is 9.10. The molecule has 2 rings (SSSR count). The van der Waals surface area contributed by atoms with Crippen molar-refractivity contribution in [3.63, 3.8) is 0 Å². The van der Waals surface area contributed by atoms with Crippen molar-refractivity contribution >= 4 is 27.4 Å². The Labute approximate surface area is 117 Å². The predicted molar refractivity (Wildman–Crippen MR) is 72.9 cm³/mol. The molecule has 0 fully saturated rings. The Morgan fingerprint density at radius 2 is 1.95 bits per heavy atom. The Morgan fingerprint density at radius 3 is 2.63 bits per heavy atom. The van der Waals surface area contributed by atoms with Gasteiger partial charge in [-0.05, 0) is 45.8 Å². The molecule has 0 aromatic heterocycles. The zero-order valence-corrected chi connectivity index (χ0v) is 11.4. The maximum atomic E-state index is 13.8. The quantitative estimate of drug-likeness (QED) is 0.530. The van der Waals surface area contributed by atoms with Crippen LogP contribution >= 0.6 is 15.9 Å². The molecule has 0 atom stereocenters. The van der Waals surface area contributed by atoms with Gasteiger partial charge in [-0.1, -0.05) is 12.1 Å². The first-order valence-corrected chi connectivity index (χ1v) is 6.29. The number of anilines is 1. The molecule has 0 unspecified atom stereocenters. The summed E-state index contributed by atoms with van der Waals surface area (Å²) >= 11 is 2.93. The number of nitrogen functional groups attached to an aromatic ring is 1. The second-order valence-electron chi connectivity index (χ2n) is 4.06. The predicted octanol–water partition coefficient (Wildman–Crippen LogP) is 3.73. The summed E-state index contributed by atoms with van der Waals surface area (Å²) in [6, 6.07) is 8.93. The average molecular weight is 326 g/mol. The monoisotopic (exact) mass is 325 g/mol. The van der Waals surface area contributed by atoms with E-state index in [1.54, 1.807) is 24.3 Å². The first-order valence-electron chi connectivity index (χ1n) is 5.50. The fraction of sp³-hybridized carbons (Fsp3) is 0.0714. The lowest BCUT2D eigenvalue weighted by atomic mass is 10.0. The van der Waals surface area contributed by atoms with Crippen LogP contribution < -0.4 is 5.73 Å². The summed E-state index contributed by atoms with van der Waals surface area (Å²) < 4.78 is 27.4. The van der Waals surface area contributed by atoms with Gasteiger partial charge in [-0.15, -0.1) is 0 Å². The first-order chi connectivity index (χ1) is 8.99. The van der Waals surface area contributed by atoms with E-state index in [0.717, 1.165) is 6.07 Å². The molecule has 2 aromatic carbocycles. The molecular weight excluding hydrogens is 316 g/mol. The molecule has 0 aliphatic heterocycles. The Bertz CT molecular complexity index is 643. The minimum absolute atomic E-state index is 0.0600. The van der Waals surface area contributed by atoms with Gasteiger partial charge < -0.3 is 5.73 Å². The molecule has 0 heterocycles. The molecule has 0 aliphatic rings. The third-order valence-electron chi connectivity index (χ3n) is 2.64.